The highest BCUT2D eigenvalue weighted by Gasteiger charge is 2.11. The van der Waals surface area contributed by atoms with Crippen LogP contribution in [0.25, 0.3) is 0 Å². The van der Waals surface area contributed by atoms with Crippen molar-refractivity contribution in [3.8, 4) is 5.75 Å². The summed E-state index contributed by atoms with van der Waals surface area (Å²) in [4.78, 5) is 2.36. The number of ether oxygens (including phenoxy) is 1. The molecule has 0 saturated carbocycles. The van der Waals surface area contributed by atoms with E-state index >= 15 is 0 Å². The van der Waals surface area contributed by atoms with Gasteiger partial charge in [0.05, 0.1) is 6.61 Å². The molecule has 17 heavy (non-hydrogen) atoms. The third kappa shape index (κ3) is 3.45. The van der Waals surface area contributed by atoms with E-state index in [2.05, 4.69) is 35.5 Å². The fraction of sp³-hybridized carbons (Fsp3) is 0.571. The normalized spacial score (nSPS) is 13.8. The molecule has 1 aliphatic rings. The highest BCUT2D eigenvalue weighted by Crippen LogP contribution is 2.25. The van der Waals surface area contributed by atoms with Gasteiger partial charge in [-0.05, 0) is 37.7 Å². The topological polar surface area (TPSA) is 24.5 Å². The molecular formula is C14H22N2O. The monoisotopic (exact) mass is 234 g/mol. The van der Waals surface area contributed by atoms with Gasteiger partial charge in [0.25, 0.3) is 0 Å². The van der Waals surface area contributed by atoms with Gasteiger partial charge >= 0.3 is 0 Å². The van der Waals surface area contributed by atoms with Gasteiger partial charge in [0.15, 0.2) is 0 Å². The van der Waals surface area contributed by atoms with Gasteiger partial charge in [-0.3, -0.25) is 0 Å². The lowest BCUT2D eigenvalue weighted by Crippen LogP contribution is -2.29. The van der Waals surface area contributed by atoms with Crippen molar-refractivity contribution in [2.24, 2.45) is 0 Å². The van der Waals surface area contributed by atoms with Gasteiger partial charge in [-0.1, -0.05) is 12.1 Å². The molecular weight excluding hydrogens is 212 g/mol. The highest BCUT2D eigenvalue weighted by molar-refractivity contribution is 5.39. The average Bonchev–Trinajstić information content (AvgIpc) is 2.81. The molecule has 94 valence electrons. The van der Waals surface area contributed by atoms with E-state index in [1.165, 1.54) is 11.1 Å². The van der Waals surface area contributed by atoms with Gasteiger partial charge in [-0.2, -0.15) is 0 Å². The van der Waals surface area contributed by atoms with Crippen LogP contribution in [0, 0.1) is 0 Å². The number of fused-ring (bicyclic) bond motifs is 1. The minimum absolute atomic E-state index is 0.848. The van der Waals surface area contributed by atoms with Crippen LogP contribution in [0.1, 0.15) is 11.1 Å². The predicted molar refractivity (Wildman–Crippen MR) is 70.8 cm³/mol. The van der Waals surface area contributed by atoms with Crippen molar-refractivity contribution in [2.45, 2.75) is 12.8 Å². The summed E-state index contributed by atoms with van der Waals surface area (Å²) in [5, 5.41) is 3.17. The molecule has 3 nitrogen and oxygen atoms in total. The van der Waals surface area contributed by atoms with Gasteiger partial charge < -0.3 is 15.0 Å². The Morgan fingerprint density at radius 1 is 1.35 bits per heavy atom. The Kier molecular flexibility index (Phi) is 4.40. The van der Waals surface area contributed by atoms with Crippen LogP contribution in [0.5, 0.6) is 5.75 Å². The van der Waals surface area contributed by atoms with Crippen LogP contribution in [0.2, 0.25) is 0 Å². The first-order valence-electron chi connectivity index (χ1n) is 6.37. The van der Waals surface area contributed by atoms with Crippen LogP contribution < -0.4 is 10.1 Å². The van der Waals surface area contributed by atoms with Crippen molar-refractivity contribution < 1.29 is 4.74 Å². The molecule has 0 saturated heterocycles. The van der Waals surface area contributed by atoms with E-state index in [4.69, 9.17) is 4.74 Å². The number of nitrogens with zero attached hydrogens (tertiary/aromatic N) is 1. The molecule has 3 heteroatoms. The van der Waals surface area contributed by atoms with Gasteiger partial charge in [0, 0.05) is 26.1 Å². The predicted octanol–water partition coefficient (Wildman–Crippen LogP) is 1.32. The van der Waals surface area contributed by atoms with Crippen molar-refractivity contribution in [1.82, 2.24) is 10.2 Å². The third-order valence-corrected chi connectivity index (χ3v) is 3.28. The summed E-state index contributed by atoms with van der Waals surface area (Å²) in [5.74, 6) is 1.08. The molecule has 1 aromatic carbocycles. The second-order valence-corrected chi connectivity index (χ2v) is 4.70. The standard InChI is InChI=1S/C14H22N2O/c1-15-7-9-16(2)8-5-12-3-4-14-13(11-12)6-10-17-14/h3-4,11,15H,5-10H2,1-2H3. The SMILES string of the molecule is CNCCN(C)CCc1ccc2c(c1)CCO2. The largest absolute Gasteiger partial charge is 0.493 e. The third-order valence-electron chi connectivity index (χ3n) is 3.28. The number of hydrogen-bond donors (Lipinski definition) is 1. The Morgan fingerprint density at radius 2 is 2.24 bits per heavy atom. The van der Waals surface area contributed by atoms with Crippen LogP contribution in [-0.4, -0.2) is 45.2 Å². The molecule has 0 bridgehead atoms. The van der Waals surface area contributed by atoms with Crippen molar-refractivity contribution >= 4 is 0 Å². The molecule has 1 aromatic rings. The quantitative estimate of drug-likeness (QED) is 0.803. The number of nitrogens with one attached hydrogen (secondary N) is 1. The molecule has 0 fully saturated rings. The molecule has 0 radical (unpaired) electrons. The first kappa shape index (κ1) is 12.4. The number of hydrogen-bond acceptors (Lipinski definition) is 3. The molecule has 2 rings (SSSR count). The van der Waals surface area contributed by atoms with Gasteiger partial charge in [0.1, 0.15) is 5.75 Å². The lowest BCUT2D eigenvalue weighted by molar-refractivity contribution is 0.339. The number of benzene rings is 1. The fourth-order valence-electron chi connectivity index (χ4n) is 2.13. The molecule has 0 aromatic heterocycles. The van der Waals surface area contributed by atoms with E-state index in [-0.39, 0.29) is 0 Å². The molecule has 1 N–H and O–H groups in total. The molecule has 1 aliphatic heterocycles. The van der Waals surface area contributed by atoms with E-state index in [0.29, 0.717) is 0 Å². The summed E-state index contributed by atoms with van der Waals surface area (Å²) in [5.41, 5.74) is 2.80. The van der Waals surface area contributed by atoms with Crippen LogP contribution >= 0.6 is 0 Å². The maximum absolute atomic E-state index is 5.51. The van der Waals surface area contributed by atoms with E-state index < -0.39 is 0 Å². The van der Waals surface area contributed by atoms with Gasteiger partial charge in [0.2, 0.25) is 0 Å². The highest BCUT2D eigenvalue weighted by atomic mass is 16.5. The van der Waals surface area contributed by atoms with Gasteiger partial charge in [-0.25, -0.2) is 0 Å². The first-order chi connectivity index (χ1) is 8.29. The summed E-state index contributed by atoms with van der Waals surface area (Å²) < 4.78 is 5.51. The molecule has 0 spiro atoms. The van der Waals surface area contributed by atoms with Crippen molar-refractivity contribution in [2.75, 3.05) is 40.3 Å². The molecule has 0 unspecified atom stereocenters. The van der Waals surface area contributed by atoms with Crippen LogP contribution in [0.15, 0.2) is 18.2 Å². The maximum Gasteiger partial charge on any atom is 0.122 e. The lowest BCUT2D eigenvalue weighted by atomic mass is 10.1. The molecule has 0 aliphatic carbocycles. The van der Waals surface area contributed by atoms with E-state index in [9.17, 15) is 0 Å². The summed E-state index contributed by atoms with van der Waals surface area (Å²) in [6.45, 7) is 4.11. The van der Waals surface area contributed by atoms with Crippen LogP contribution in [0.4, 0.5) is 0 Å². The Morgan fingerprint density at radius 3 is 3.06 bits per heavy atom. The summed E-state index contributed by atoms with van der Waals surface area (Å²) in [6.07, 6.45) is 2.19. The second-order valence-electron chi connectivity index (χ2n) is 4.70. The first-order valence-corrected chi connectivity index (χ1v) is 6.37. The summed E-state index contributed by atoms with van der Waals surface area (Å²) >= 11 is 0. The second kappa shape index (κ2) is 6.03. The molecule has 1 heterocycles. The van der Waals surface area contributed by atoms with E-state index in [1.807, 2.05) is 7.05 Å². The minimum atomic E-state index is 0.848. The van der Waals surface area contributed by atoms with Crippen LogP contribution in [0.3, 0.4) is 0 Å². The lowest BCUT2D eigenvalue weighted by Gasteiger charge is -2.16. The zero-order chi connectivity index (χ0) is 12.1. The fourth-order valence-corrected chi connectivity index (χ4v) is 2.13. The minimum Gasteiger partial charge on any atom is -0.493 e. The summed E-state index contributed by atoms with van der Waals surface area (Å²) in [6, 6.07) is 6.61. The number of likely N-dealkylation sites (N-methyl/N-ethyl adjacent to an activating group) is 2. The van der Waals surface area contributed by atoms with Crippen LogP contribution in [-0.2, 0) is 12.8 Å². The Hall–Kier alpha value is -1.06. The maximum atomic E-state index is 5.51. The van der Waals surface area contributed by atoms with Crippen molar-refractivity contribution in [1.29, 1.82) is 0 Å². The van der Waals surface area contributed by atoms with E-state index in [0.717, 1.165) is 44.8 Å². The number of rotatable bonds is 6. The smallest absolute Gasteiger partial charge is 0.122 e. The van der Waals surface area contributed by atoms with Crippen molar-refractivity contribution in [3.63, 3.8) is 0 Å². The zero-order valence-corrected chi connectivity index (χ0v) is 10.8. The van der Waals surface area contributed by atoms with E-state index in [1.54, 1.807) is 0 Å². The molecule has 0 amide bonds. The average molecular weight is 234 g/mol. The molecule has 0 atom stereocenters. The summed E-state index contributed by atoms with van der Waals surface area (Å²) in [7, 11) is 4.17. The zero-order valence-electron chi connectivity index (χ0n) is 10.8. The van der Waals surface area contributed by atoms with Crippen molar-refractivity contribution in [3.05, 3.63) is 29.3 Å². The Bertz CT molecular complexity index is 365. The Labute approximate surface area is 104 Å². The Balaban J connectivity index is 1.83. The van der Waals surface area contributed by atoms with Gasteiger partial charge in [-0.15, -0.1) is 0 Å².